The van der Waals surface area contributed by atoms with Gasteiger partial charge in [-0.25, -0.2) is 0 Å². The zero-order chi connectivity index (χ0) is 12.8. The van der Waals surface area contributed by atoms with Crippen molar-refractivity contribution < 1.29 is 4.79 Å². The Balaban J connectivity index is 1.94. The highest BCUT2D eigenvalue weighted by Gasteiger charge is 2.36. The van der Waals surface area contributed by atoms with Crippen LogP contribution >= 0.6 is 0 Å². The number of hydrogen-bond acceptors (Lipinski definition) is 1. The SMILES string of the molecule is O=C1C[C@H]2C=C(c3cccc4ccccc34)[C@@H]1CC2. The topological polar surface area (TPSA) is 17.1 Å². The maximum atomic E-state index is 12.1. The molecule has 1 heteroatoms. The molecule has 0 amide bonds. The Kier molecular flexibility index (Phi) is 2.34. The van der Waals surface area contributed by atoms with E-state index in [4.69, 9.17) is 0 Å². The molecular weight excluding hydrogens is 232 g/mol. The van der Waals surface area contributed by atoms with Crippen molar-refractivity contribution >= 4 is 22.1 Å². The summed E-state index contributed by atoms with van der Waals surface area (Å²) in [6.45, 7) is 0. The number of allylic oxidation sites excluding steroid dienone is 2. The van der Waals surface area contributed by atoms with Crippen molar-refractivity contribution in [3.05, 3.63) is 54.1 Å². The van der Waals surface area contributed by atoms with Crippen molar-refractivity contribution in [1.29, 1.82) is 0 Å². The molecule has 5 rings (SSSR count). The van der Waals surface area contributed by atoms with E-state index in [1.807, 2.05) is 0 Å². The molecule has 0 saturated heterocycles. The minimum atomic E-state index is 0.149. The van der Waals surface area contributed by atoms with Gasteiger partial charge in [-0.2, -0.15) is 0 Å². The van der Waals surface area contributed by atoms with E-state index in [9.17, 15) is 4.79 Å². The maximum Gasteiger partial charge on any atom is 0.140 e. The smallest absolute Gasteiger partial charge is 0.140 e. The van der Waals surface area contributed by atoms with Crippen LogP contribution in [0.4, 0.5) is 0 Å². The van der Waals surface area contributed by atoms with Crippen LogP contribution in [-0.4, -0.2) is 5.78 Å². The molecule has 0 aliphatic heterocycles. The van der Waals surface area contributed by atoms with Crippen LogP contribution in [0.25, 0.3) is 16.3 Å². The minimum absolute atomic E-state index is 0.149. The zero-order valence-electron chi connectivity index (χ0n) is 10.8. The molecule has 2 aromatic carbocycles. The van der Waals surface area contributed by atoms with E-state index >= 15 is 0 Å². The van der Waals surface area contributed by atoms with Gasteiger partial charge >= 0.3 is 0 Å². The van der Waals surface area contributed by atoms with Gasteiger partial charge in [0.1, 0.15) is 5.78 Å². The second-order valence-corrected chi connectivity index (χ2v) is 5.71. The van der Waals surface area contributed by atoms with Crippen molar-refractivity contribution in [2.45, 2.75) is 19.3 Å². The van der Waals surface area contributed by atoms with Crippen LogP contribution < -0.4 is 0 Å². The molecule has 0 spiro atoms. The average Bonchev–Trinajstić information content (AvgIpc) is 2.47. The second kappa shape index (κ2) is 4.06. The van der Waals surface area contributed by atoms with Crippen molar-refractivity contribution in [3.8, 4) is 0 Å². The Hall–Kier alpha value is -1.89. The molecule has 0 N–H and O–H groups in total. The van der Waals surface area contributed by atoms with E-state index in [2.05, 4.69) is 48.5 Å². The molecule has 2 bridgehead atoms. The Morgan fingerprint density at radius 2 is 1.79 bits per heavy atom. The number of ketones is 1. The molecular formula is C18H16O. The lowest BCUT2D eigenvalue weighted by Gasteiger charge is -2.34. The van der Waals surface area contributed by atoms with Crippen LogP contribution in [0.3, 0.4) is 0 Å². The minimum Gasteiger partial charge on any atom is -0.299 e. The van der Waals surface area contributed by atoms with E-state index in [0.29, 0.717) is 11.7 Å². The van der Waals surface area contributed by atoms with Gasteiger partial charge in [0.2, 0.25) is 0 Å². The zero-order valence-corrected chi connectivity index (χ0v) is 10.8. The molecule has 0 radical (unpaired) electrons. The van der Waals surface area contributed by atoms with Crippen LogP contribution in [0.5, 0.6) is 0 Å². The Labute approximate surface area is 112 Å². The summed E-state index contributed by atoms with van der Waals surface area (Å²) >= 11 is 0. The fraction of sp³-hybridized carbons (Fsp3) is 0.278. The van der Waals surface area contributed by atoms with Gasteiger partial charge in [0.25, 0.3) is 0 Å². The molecule has 0 heterocycles. The summed E-state index contributed by atoms with van der Waals surface area (Å²) in [4.78, 5) is 12.1. The lowest BCUT2D eigenvalue weighted by atomic mass is 9.68. The fourth-order valence-corrected chi connectivity index (χ4v) is 3.64. The van der Waals surface area contributed by atoms with Crippen molar-refractivity contribution in [2.24, 2.45) is 11.8 Å². The molecule has 2 aromatic rings. The fourth-order valence-electron chi connectivity index (χ4n) is 3.64. The van der Waals surface area contributed by atoms with Crippen LogP contribution in [0.2, 0.25) is 0 Å². The lowest BCUT2D eigenvalue weighted by Crippen LogP contribution is -2.30. The summed E-state index contributed by atoms with van der Waals surface area (Å²) in [5.41, 5.74) is 2.55. The molecule has 0 unspecified atom stereocenters. The van der Waals surface area contributed by atoms with Gasteiger partial charge in [-0.05, 0) is 40.7 Å². The number of benzene rings is 2. The monoisotopic (exact) mass is 248 g/mol. The largest absolute Gasteiger partial charge is 0.299 e. The van der Waals surface area contributed by atoms with Gasteiger partial charge in [0.05, 0.1) is 0 Å². The first kappa shape index (κ1) is 11.0. The van der Waals surface area contributed by atoms with E-state index in [0.717, 1.165) is 12.8 Å². The van der Waals surface area contributed by atoms with Crippen LogP contribution in [-0.2, 0) is 4.79 Å². The van der Waals surface area contributed by atoms with Gasteiger partial charge in [0.15, 0.2) is 0 Å². The highest BCUT2D eigenvalue weighted by atomic mass is 16.1. The number of rotatable bonds is 1. The van der Waals surface area contributed by atoms with E-state index < -0.39 is 0 Å². The number of hydrogen-bond donors (Lipinski definition) is 0. The number of fused-ring (bicyclic) bond motifs is 3. The summed E-state index contributed by atoms with van der Waals surface area (Å²) in [5, 5.41) is 2.53. The Morgan fingerprint density at radius 1 is 0.947 bits per heavy atom. The maximum absolute atomic E-state index is 12.1. The van der Waals surface area contributed by atoms with Crippen LogP contribution in [0, 0.1) is 11.8 Å². The molecule has 1 fully saturated rings. The van der Waals surface area contributed by atoms with Crippen molar-refractivity contribution in [2.75, 3.05) is 0 Å². The first-order valence-corrected chi connectivity index (χ1v) is 7.05. The predicted octanol–water partition coefficient (Wildman–Crippen LogP) is 4.22. The third-order valence-corrected chi connectivity index (χ3v) is 4.57. The summed E-state index contributed by atoms with van der Waals surface area (Å²) in [6, 6.07) is 14.9. The number of Topliss-reactive ketones (excluding diaryl/α,β-unsaturated/α-hetero) is 1. The summed E-state index contributed by atoms with van der Waals surface area (Å²) in [7, 11) is 0. The second-order valence-electron chi connectivity index (χ2n) is 5.71. The number of carbonyl (C=O) groups is 1. The average molecular weight is 248 g/mol. The highest BCUT2D eigenvalue weighted by Crippen LogP contribution is 2.44. The first-order valence-electron chi connectivity index (χ1n) is 7.05. The Morgan fingerprint density at radius 3 is 2.63 bits per heavy atom. The molecule has 19 heavy (non-hydrogen) atoms. The van der Waals surface area contributed by atoms with Gasteiger partial charge < -0.3 is 0 Å². The van der Waals surface area contributed by atoms with E-state index in [1.165, 1.54) is 28.3 Å². The normalized spacial score (nSPS) is 25.7. The molecule has 2 atom stereocenters. The van der Waals surface area contributed by atoms with E-state index in [-0.39, 0.29) is 5.92 Å². The van der Waals surface area contributed by atoms with Crippen LogP contribution in [0.1, 0.15) is 24.8 Å². The van der Waals surface area contributed by atoms with Crippen molar-refractivity contribution in [1.82, 2.24) is 0 Å². The molecule has 1 saturated carbocycles. The molecule has 3 aliphatic rings. The van der Waals surface area contributed by atoms with Gasteiger partial charge in [0, 0.05) is 12.3 Å². The molecule has 0 aromatic heterocycles. The summed E-state index contributed by atoms with van der Waals surface area (Å²) in [5.74, 6) is 1.07. The van der Waals surface area contributed by atoms with Crippen molar-refractivity contribution in [3.63, 3.8) is 0 Å². The Bertz CT molecular complexity index is 690. The standard InChI is InChI=1S/C18H16O/c19-18-11-12-8-9-16(18)17(10-12)15-7-3-5-13-4-1-2-6-14(13)15/h1-7,10,12,16H,8-9,11H2/t12-,16+/m1/s1. The summed E-state index contributed by atoms with van der Waals surface area (Å²) in [6.07, 6.45) is 5.35. The van der Waals surface area contributed by atoms with E-state index in [1.54, 1.807) is 0 Å². The highest BCUT2D eigenvalue weighted by molar-refractivity contribution is 6.02. The molecule has 3 aliphatic carbocycles. The summed E-state index contributed by atoms with van der Waals surface area (Å²) < 4.78 is 0. The lowest BCUT2D eigenvalue weighted by molar-refractivity contribution is -0.124. The van der Waals surface area contributed by atoms with Gasteiger partial charge in [-0.3, -0.25) is 4.79 Å². The first-order chi connectivity index (χ1) is 9.33. The van der Waals surface area contributed by atoms with Gasteiger partial charge in [-0.1, -0.05) is 48.5 Å². The van der Waals surface area contributed by atoms with Gasteiger partial charge in [-0.15, -0.1) is 0 Å². The third kappa shape index (κ3) is 1.65. The predicted molar refractivity (Wildman–Crippen MR) is 77.8 cm³/mol. The third-order valence-electron chi connectivity index (χ3n) is 4.57. The number of carbonyl (C=O) groups excluding carboxylic acids is 1. The van der Waals surface area contributed by atoms with Crippen LogP contribution in [0.15, 0.2) is 48.5 Å². The quantitative estimate of drug-likeness (QED) is 0.738. The molecule has 1 nitrogen and oxygen atoms in total. The molecule has 94 valence electrons.